The highest BCUT2D eigenvalue weighted by Gasteiger charge is 2.05. The Kier molecular flexibility index (Phi) is 12.3. The zero-order valence-corrected chi connectivity index (χ0v) is 9.02. The topological polar surface area (TPSA) is 0 Å². The van der Waals surface area contributed by atoms with Crippen LogP contribution in [-0.4, -0.2) is 0 Å². The first-order valence-electron chi connectivity index (χ1n) is 3.89. The van der Waals surface area contributed by atoms with Crippen molar-refractivity contribution in [2.75, 3.05) is 0 Å². The third-order valence-corrected chi connectivity index (χ3v) is 2.26. The van der Waals surface area contributed by atoms with Crippen LogP contribution in [0.25, 0.3) is 0 Å². The van der Waals surface area contributed by atoms with Gasteiger partial charge in [0.2, 0.25) is 0 Å². The van der Waals surface area contributed by atoms with Gasteiger partial charge in [0.1, 0.15) is 0 Å². The first-order valence-corrected chi connectivity index (χ1v) is 5.22. The maximum absolute atomic E-state index is 3.67. The van der Waals surface area contributed by atoms with E-state index in [1.165, 1.54) is 12.8 Å². The fourth-order valence-electron chi connectivity index (χ4n) is 0.805. The van der Waals surface area contributed by atoms with Gasteiger partial charge in [0.25, 0.3) is 0 Å². The van der Waals surface area contributed by atoms with E-state index in [0.29, 0.717) is 0 Å². The molecule has 0 amide bonds. The molecule has 0 rings (SSSR count). The van der Waals surface area contributed by atoms with E-state index >= 15 is 0 Å². The fraction of sp³-hybridized carbons (Fsp3) is 1.00. The van der Waals surface area contributed by atoms with E-state index in [1.807, 2.05) is 0 Å². The molecule has 62 valence electrons. The van der Waals surface area contributed by atoms with E-state index < -0.39 is 0 Å². The largest absolute Gasteiger partial charge is 0.0651 e. The van der Waals surface area contributed by atoms with Gasteiger partial charge in [-0.15, -0.1) is 0 Å². The van der Waals surface area contributed by atoms with Crippen LogP contribution in [0.4, 0.5) is 0 Å². The molecule has 0 radical (unpaired) electrons. The lowest BCUT2D eigenvalue weighted by molar-refractivity contribution is 0.367. The highest BCUT2D eigenvalue weighted by molar-refractivity contribution is 8.07. The van der Waals surface area contributed by atoms with Gasteiger partial charge in [-0.05, 0) is 11.8 Å². The first kappa shape index (κ1) is 13.1. The van der Waals surface area contributed by atoms with E-state index in [0.717, 1.165) is 11.8 Å². The molecule has 0 fully saturated rings. The van der Waals surface area contributed by atoms with E-state index in [-0.39, 0.29) is 0 Å². The molecule has 0 bridgehead atoms. The molecule has 0 nitrogen and oxygen atoms in total. The molecule has 0 saturated carbocycles. The Labute approximate surface area is 75.1 Å². The van der Waals surface area contributed by atoms with Crippen LogP contribution in [-0.2, 0) is 22.4 Å². The molecule has 0 aliphatic heterocycles. The second kappa shape index (κ2) is 9.44. The first-order chi connectivity index (χ1) is 4.72. The van der Waals surface area contributed by atoms with Gasteiger partial charge < -0.3 is 0 Å². The zero-order valence-electron chi connectivity index (χ0n) is 7.39. The van der Waals surface area contributed by atoms with Gasteiger partial charge in [-0.1, -0.05) is 40.5 Å². The van der Waals surface area contributed by atoms with Crippen LogP contribution in [0.2, 0.25) is 0 Å². The SMILES string of the molecule is CCC(C)C(C)CC.S=S. The van der Waals surface area contributed by atoms with Gasteiger partial charge in [0.05, 0.1) is 0 Å². The van der Waals surface area contributed by atoms with Crippen molar-refractivity contribution in [3.8, 4) is 0 Å². The molecular weight excluding hydrogens is 160 g/mol. The summed E-state index contributed by atoms with van der Waals surface area (Å²) in [5.41, 5.74) is 0. The Morgan fingerprint density at radius 3 is 1.20 bits per heavy atom. The Morgan fingerprint density at radius 1 is 0.900 bits per heavy atom. The third-order valence-electron chi connectivity index (χ3n) is 2.26. The van der Waals surface area contributed by atoms with Crippen molar-refractivity contribution < 1.29 is 0 Å². The van der Waals surface area contributed by atoms with E-state index in [2.05, 4.69) is 50.1 Å². The Balaban J connectivity index is 0. The van der Waals surface area contributed by atoms with Gasteiger partial charge in [0, 0.05) is 22.4 Å². The van der Waals surface area contributed by atoms with Crippen molar-refractivity contribution in [1.82, 2.24) is 0 Å². The third kappa shape index (κ3) is 6.56. The van der Waals surface area contributed by atoms with Crippen LogP contribution in [0.5, 0.6) is 0 Å². The number of hydrogen-bond acceptors (Lipinski definition) is 2. The monoisotopic (exact) mass is 178 g/mol. The summed E-state index contributed by atoms with van der Waals surface area (Å²) in [4.78, 5) is 0. The molecule has 10 heavy (non-hydrogen) atoms. The smallest absolute Gasteiger partial charge is 0 e. The minimum atomic E-state index is 0.917. The molecule has 0 aromatic heterocycles. The predicted molar refractivity (Wildman–Crippen MR) is 53.6 cm³/mol. The maximum atomic E-state index is 3.67. The minimum absolute atomic E-state index is 0.917. The summed E-state index contributed by atoms with van der Waals surface area (Å²) >= 11 is 7.33. The number of hydrogen-bond donors (Lipinski definition) is 0. The molecule has 0 heterocycles. The fourth-order valence-corrected chi connectivity index (χ4v) is 0.805. The van der Waals surface area contributed by atoms with Crippen LogP contribution < -0.4 is 0 Å². The average molecular weight is 178 g/mol. The van der Waals surface area contributed by atoms with Crippen LogP contribution in [0.15, 0.2) is 0 Å². The highest BCUT2D eigenvalue weighted by Crippen LogP contribution is 2.16. The van der Waals surface area contributed by atoms with E-state index in [4.69, 9.17) is 0 Å². The van der Waals surface area contributed by atoms with Gasteiger partial charge in [0.15, 0.2) is 0 Å². The normalized spacial score (nSPS) is 14.8. The minimum Gasteiger partial charge on any atom is -0.0651 e. The van der Waals surface area contributed by atoms with Gasteiger partial charge in [-0.3, -0.25) is 0 Å². The van der Waals surface area contributed by atoms with Crippen molar-refractivity contribution in [2.24, 2.45) is 11.8 Å². The molecule has 2 atom stereocenters. The lowest BCUT2D eigenvalue weighted by Crippen LogP contribution is -2.04. The van der Waals surface area contributed by atoms with Gasteiger partial charge >= 0.3 is 0 Å². The molecule has 0 aliphatic carbocycles. The van der Waals surface area contributed by atoms with Crippen LogP contribution in [0.3, 0.4) is 0 Å². The number of rotatable bonds is 3. The van der Waals surface area contributed by atoms with Gasteiger partial charge in [-0.25, -0.2) is 0 Å². The zero-order chi connectivity index (χ0) is 8.57. The molecule has 0 aliphatic rings. The van der Waals surface area contributed by atoms with Crippen LogP contribution in [0, 0.1) is 11.8 Å². The van der Waals surface area contributed by atoms with Crippen LogP contribution >= 0.6 is 0 Å². The Morgan fingerprint density at radius 2 is 1.10 bits per heavy atom. The Hall–Kier alpha value is 0.440. The molecule has 0 N–H and O–H groups in total. The maximum Gasteiger partial charge on any atom is 0 e. The lowest BCUT2D eigenvalue weighted by atomic mass is 9.92. The van der Waals surface area contributed by atoms with Crippen molar-refractivity contribution in [3.05, 3.63) is 0 Å². The summed E-state index contributed by atoms with van der Waals surface area (Å²) in [7, 11) is 0. The Bertz CT molecular complexity index is 56.3. The molecule has 0 aromatic rings. The molecule has 2 unspecified atom stereocenters. The molecule has 2 heteroatoms. The second-order valence-electron chi connectivity index (χ2n) is 2.77. The van der Waals surface area contributed by atoms with Crippen molar-refractivity contribution in [3.63, 3.8) is 0 Å². The summed E-state index contributed by atoms with van der Waals surface area (Å²) in [6, 6.07) is 0. The molecule has 0 saturated heterocycles. The van der Waals surface area contributed by atoms with Gasteiger partial charge in [-0.2, -0.15) is 0 Å². The predicted octanol–water partition coefficient (Wildman–Crippen LogP) is 3.07. The summed E-state index contributed by atoms with van der Waals surface area (Å²) < 4.78 is 0. The lowest BCUT2D eigenvalue weighted by Gasteiger charge is -2.14. The summed E-state index contributed by atoms with van der Waals surface area (Å²) in [6.07, 6.45) is 2.66. The standard InChI is InChI=1S/C8H18.S2/c1-5-7(3)8(4)6-2;1-2/h7-8H,5-6H2,1-4H3;. The van der Waals surface area contributed by atoms with Crippen LogP contribution in [0.1, 0.15) is 40.5 Å². The van der Waals surface area contributed by atoms with E-state index in [9.17, 15) is 0 Å². The van der Waals surface area contributed by atoms with Crippen molar-refractivity contribution in [1.29, 1.82) is 0 Å². The van der Waals surface area contributed by atoms with Crippen molar-refractivity contribution in [2.45, 2.75) is 40.5 Å². The van der Waals surface area contributed by atoms with Crippen molar-refractivity contribution >= 4 is 22.4 Å². The highest BCUT2D eigenvalue weighted by atomic mass is 32.8. The molecule has 0 aromatic carbocycles. The quantitative estimate of drug-likeness (QED) is 0.651. The van der Waals surface area contributed by atoms with E-state index in [1.54, 1.807) is 0 Å². The summed E-state index contributed by atoms with van der Waals surface area (Å²) in [6.45, 7) is 9.18. The molecule has 0 spiro atoms. The summed E-state index contributed by atoms with van der Waals surface area (Å²) in [5, 5.41) is 0. The average Bonchev–Trinajstić information content (AvgIpc) is 2.05. The second-order valence-corrected chi connectivity index (χ2v) is 2.77. The molecular formula is C8H18S2. The summed E-state index contributed by atoms with van der Waals surface area (Å²) in [5.74, 6) is 1.83.